The molecule has 0 radical (unpaired) electrons. The molecule has 0 aromatic heterocycles. The molecule has 0 aliphatic carbocycles. The molecule has 0 spiro atoms. The monoisotopic (exact) mass is 214 g/mol. The van der Waals surface area contributed by atoms with Crippen molar-refractivity contribution in [2.75, 3.05) is 26.3 Å². The molecule has 2 aliphatic rings. The quantitative estimate of drug-likeness (QED) is 0.703. The Morgan fingerprint density at radius 3 is 2.60 bits per heavy atom. The van der Waals surface area contributed by atoms with E-state index >= 15 is 0 Å². The molecule has 0 bridgehead atoms. The molecule has 86 valence electrons. The van der Waals surface area contributed by atoms with E-state index in [0.717, 1.165) is 32.5 Å². The van der Waals surface area contributed by atoms with Gasteiger partial charge in [-0.2, -0.15) is 0 Å². The smallest absolute Gasteiger partial charge is 0.407 e. The van der Waals surface area contributed by atoms with Gasteiger partial charge in [0.1, 0.15) is 0 Å². The van der Waals surface area contributed by atoms with Crippen LogP contribution in [-0.2, 0) is 4.74 Å². The summed E-state index contributed by atoms with van der Waals surface area (Å²) in [5.74, 6) is 0. The number of amides is 1. The molecule has 2 heterocycles. The Balaban J connectivity index is 1.74. The van der Waals surface area contributed by atoms with Gasteiger partial charge in [-0.25, -0.2) is 4.79 Å². The second kappa shape index (κ2) is 4.81. The Hall–Kier alpha value is -0.810. The van der Waals surface area contributed by atoms with Crippen molar-refractivity contribution in [3.63, 3.8) is 0 Å². The number of hydrogen-bond acceptors (Lipinski definition) is 3. The summed E-state index contributed by atoms with van der Waals surface area (Å²) in [6.45, 7) is 2.95. The van der Waals surface area contributed by atoms with E-state index in [9.17, 15) is 4.79 Å². The summed E-state index contributed by atoms with van der Waals surface area (Å²) in [7, 11) is 0. The third-order valence-corrected chi connectivity index (χ3v) is 3.15. The number of nitrogens with zero attached hydrogens (tertiary/aromatic N) is 1. The topological polar surface area (TPSA) is 61.8 Å². The van der Waals surface area contributed by atoms with Crippen molar-refractivity contribution in [1.82, 2.24) is 10.2 Å². The first kappa shape index (κ1) is 10.7. The van der Waals surface area contributed by atoms with E-state index in [-0.39, 0.29) is 0 Å². The fraction of sp³-hybridized carbons (Fsp3) is 0.900. The molecule has 0 aromatic rings. The first-order chi connectivity index (χ1) is 7.25. The maximum Gasteiger partial charge on any atom is 0.407 e. The fourth-order valence-electron chi connectivity index (χ4n) is 2.27. The number of carbonyl (C=O) groups is 1. The fourth-order valence-corrected chi connectivity index (χ4v) is 2.27. The van der Waals surface area contributed by atoms with Gasteiger partial charge in [0.05, 0.1) is 0 Å². The Bertz CT molecular complexity index is 229. The van der Waals surface area contributed by atoms with Crippen molar-refractivity contribution in [3.8, 4) is 0 Å². The summed E-state index contributed by atoms with van der Waals surface area (Å²) < 4.78 is 5.28. The second-order valence-corrected chi connectivity index (χ2v) is 4.27. The lowest BCUT2D eigenvalue weighted by Gasteiger charge is -2.26. The predicted molar refractivity (Wildman–Crippen MR) is 55.0 cm³/mol. The van der Waals surface area contributed by atoms with Crippen LogP contribution in [0.25, 0.3) is 0 Å². The summed E-state index contributed by atoms with van der Waals surface area (Å²) in [4.78, 5) is 12.2. The molecule has 0 saturated carbocycles. The molecule has 0 unspecified atom stereocenters. The maximum absolute atomic E-state index is 10.7. The van der Waals surface area contributed by atoms with Crippen molar-refractivity contribution in [1.29, 1.82) is 0 Å². The van der Waals surface area contributed by atoms with Crippen LogP contribution < -0.4 is 5.32 Å². The number of nitrogens with one attached hydrogen (secondary N) is 1. The Labute approximate surface area is 89.4 Å². The molecular formula is C10H18N2O3. The highest BCUT2D eigenvalue weighted by molar-refractivity contribution is 5.65. The molecule has 2 N–H and O–H groups in total. The zero-order valence-electron chi connectivity index (χ0n) is 8.82. The van der Waals surface area contributed by atoms with E-state index in [4.69, 9.17) is 9.84 Å². The SMILES string of the molecule is O=C(O)N1CC[C@H](NC2CCOCC2)C1. The summed E-state index contributed by atoms with van der Waals surface area (Å²) in [6.07, 6.45) is 2.22. The number of ether oxygens (including phenoxy) is 1. The Morgan fingerprint density at radius 2 is 2.00 bits per heavy atom. The maximum atomic E-state index is 10.7. The highest BCUT2D eigenvalue weighted by atomic mass is 16.5. The predicted octanol–water partition coefficient (Wildman–Crippen LogP) is 0.507. The molecule has 2 aliphatic heterocycles. The highest BCUT2D eigenvalue weighted by Gasteiger charge is 2.27. The van der Waals surface area contributed by atoms with Crippen molar-refractivity contribution >= 4 is 6.09 Å². The molecule has 2 saturated heterocycles. The number of likely N-dealkylation sites (tertiary alicyclic amines) is 1. The lowest BCUT2D eigenvalue weighted by atomic mass is 10.1. The first-order valence-electron chi connectivity index (χ1n) is 5.57. The molecule has 5 heteroatoms. The zero-order valence-corrected chi connectivity index (χ0v) is 8.82. The van der Waals surface area contributed by atoms with Crippen LogP contribution in [0.5, 0.6) is 0 Å². The van der Waals surface area contributed by atoms with Crippen molar-refractivity contribution in [3.05, 3.63) is 0 Å². The molecular weight excluding hydrogens is 196 g/mol. The van der Waals surface area contributed by atoms with Crippen molar-refractivity contribution in [2.24, 2.45) is 0 Å². The molecule has 1 atom stereocenters. The van der Waals surface area contributed by atoms with Gasteiger partial charge in [-0.05, 0) is 19.3 Å². The minimum atomic E-state index is -0.800. The van der Waals surface area contributed by atoms with Crippen molar-refractivity contribution < 1.29 is 14.6 Å². The van der Waals surface area contributed by atoms with Gasteiger partial charge in [-0.1, -0.05) is 0 Å². The normalized spacial score (nSPS) is 28.3. The van der Waals surface area contributed by atoms with Gasteiger partial charge in [0.25, 0.3) is 0 Å². The standard InChI is InChI=1S/C10H18N2O3/c13-10(14)12-4-1-9(7-12)11-8-2-5-15-6-3-8/h8-9,11H,1-7H2,(H,13,14)/t9-/m0/s1. The van der Waals surface area contributed by atoms with Gasteiger partial charge in [-0.3, -0.25) is 0 Å². The summed E-state index contributed by atoms with van der Waals surface area (Å²) >= 11 is 0. The largest absolute Gasteiger partial charge is 0.465 e. The Kier molecular flexibility index (Phi) is 3.43. The number of hydrogen-bond donors (Lipinski definition) is 2. The van der Waals surface area contributed by atoms with Crippen LogP contribution >= 0.6 is 0 Å². The van der Waals surface area contributed by atoms with Crippen LogP contribution in [0.4, 0.5) is 4.79 Å². The van der Waals surface area contributed by atoms with E-state index in [1.54, 1.807) is 0 Å². The first-order valence-corrected chi connectivity index (χ1v) is 5.57. The lowest BCUT2D eigenvalue weighted by molar-refractivity contribution is 0.0750. The minimum absolute atomic E-state index is 0.337. The van der Waals surface area contributed by atoms with E-state index < -0.39 is 6.09 Å². The van der Waals surface area contributed by atoms with Crippen LogP contribution in [-0.4, -0.2) is 54.5 Å². The van der Waals surface area contributed by atoms with Crippen LogP contribution in [0.2, 0.25) is 0 Å². The van der Waals surface area contributed by atoms with Crippen LogP contribution in [0.15, 0.2) is 0 Å². The number of rotatable bonds is 2. The number of carboxylic acid groups (broad SMARTS) is 1. The van der Waals surface area contributed by atoms with E-state index in [2.05, 4.69) is 5.32 Å². The third kappa shape index (κ3) is 2.82. The highest BCUT2D eigenvalue weighted by Crippen LogP contribution is 2.13. The van der Waals surface area contributed by atoms with E-state index in [0.29, 0.717) is 25.2 Å². The Morgan fingerprint density at radius 1 is 1.27 bits per heavy atom. The van der Waals surface area contributed by atoms with Gasteiger partial charge < -0.3 is 20.1 Å². The molecule has 0 aromatic carbocycles. The molecule has 2 rings (SSSR count). The zero-order chi connectivity index (χ0) is 10.7. The summed E-state index contributed by atoms with van der Waals surface area (Å²) in [5, 5.41) is 12.3. The van der Waals surface area contributed by atoms with Crippen LogP contribution in [0.1, 0.15) is 19.3 Å². The average Bonchev–Trinajstić information content (AvgIpc) is 2.68. The average molecular weight is 214 g/mol. The van der Waals surface area contributed by atoms with Gasteiger partial charge in [-0.15, -0.1) is 0 Å². The van der Waals surface area contributed by atoms with Crippen LogP contribution in [0.3, 0.4) is 0 Å². The minimum Gasteiger partial charge on any atom is -0.465 e. The van der Waals surface area contributed by atoms with Gasteiger partial charge in [0.15, 0.2) is 0 Å². The lowest BCUT2D eigenvalue weighted by Crippen LogP contribution is -2.43. The third-order valence-electron chi connectivity index (χ3n) is 3.15. The van der Waals surface area contributed by atoms with Gasteiger partial charge in [0.2, 0.25) is 0 Å². The van der Waals surface area contributed by atoms with Crippen LogP contribution in [0, 0.1) is 0 Å². The molecule has 5 nitrogen and oxygen atoms in total. The van der Waals surface area contributed by atoms with E-state index in [1.165, 1.54) is 4.90 Å². The molecule has 15 heavy (non-hydrogen) atoms. The molecule has 1 amide bonds. The van der Waals surface area contributed by atoms with E-state index in [1.807, 2.05) is 0 Å². The molecule has 2 fully saturated rings. The summed E-state index contributed by atoms with van der Waals surface area (Å²) in [6, 6.07) is 0.849. The summed E-state index contributed by atoms with van der Waals surface area (Å²) in [5.41, 5.74) is 0. The van der Waals surface area contributed by atoms with Crippen molar-refractivity contribution in [2.45, 2.75) is 31.3 Å². The van der Waals surface area contributed by atoms with Gasteiger partial charge in [0, 0.05) is 38.4 Å². The second-order valence-electron chi connectivity index (χ2n) is 4.27. The van der Waals surface area contributed by atoms with Gasteiger partial charge >= 0.3 is 6.09 Å².